The van der Waals surface area contributed by atoms with Crippen molar-refractivity contribution in [2.75, 3.05) is 26.7 Å². The second-order valence-electron chi connectivity index (χ2n) is 7.17. The zero-order chi connectivity index (χ0) is 15.3. The summed E-state index contributed by atoms with van der Waals surface area (Å²) in [6.07, 6.45) is 2.79. The third kappa shape index (κ3) is 5.77. The number of likely N-dealkylation sites (tertiary alicyclic amines) is 1. The van der Waals surface area contributed by atoms with Crippen LogP contribution in [-0.4, -0.2) is 43.2 Å². The number of benzene rings is 1. The van der Waals surface area contributed by atoms with Crippen LogP contribution in [0.3, 0.4) is 0 Å². The largest absolute Gasteiger partial charge is 0.369 e. The van der Waals surface area contributed by atoms with E-state index in [2.05, 4.69) is 68.4 Å². The second kappa shape index (κ2) is 7.39. The van der Waals surface area contributed by atoms with E-state index in [0.29, 0.717) is 6.10 Å². The predicted octanol–water partition coefficient (Wildman–Crippen LogP) is 3.23. The van der Waals surface area contributed by atoms with Crippen molar-refractivity contribution in [2.45, 2.75) is 51.4 Å². The molecule has 118 valence electrons. The molecule has 3 nitrogen and oxygen atoms in total. The van der Waals surface area contributed by atoms with E-state index >= 15 is 0 Å². The Labute approximate surface area is 129 Å². The highest BCUT2D eigenvalue weighted by molar-refractivity contribution is 5.18. The van der Waals surface area contributed by atoms with Crippen LogP contribution in [0.1, 0.15) is 45.3 Å². The average molecular weight is 290 g/mol. The number of hydrogen-bond donors (Lipinski definition) is 1. The van der Waals surface area contributed by atoms with E-state index < -0.39 is 0 Å². The van der Waals surface area contributed by atoms with E-state index in [4.69, 9.17) is 4.74 Å². The van der Waals surface area contributed by atoms with Crippen molar-refractivity contribution in [3.8, 4) is 0 Å². The molecule has 1 aliphatic heterocycles. The van der Waals surface area contributed by atoms with E-state index in [1.807, 2.05) is 0 Å². The van der Waals surface area contributed by atoms with Crippen molar-refractivity contribution in [3.63, 3.8) is 0 Å². The molecule has 0 bridgehead atoms. The molecule has 0 aliphatic carbocycles. The van der Waals surface area contributed by atoms with Crippen LogP contribution in [0.5, 0.6) is 0 Å². The van der Waals surface area contributed by atoms with Gasteiger partial charge in [-0.2, -0.15) is 0 Å². The number of nitrogens with one attached hydrogen (secondary N) is 1. The van der Waals surface area contributed by atoms with E-state index in [9.17, 15) is 0 Å². The van der Waals surface area contributed by atoms with E-state index in [1.165, 1.54) is 5.56 Å². The summed E-state index contributed by atoms with van der Waals surface area (Å²) in [6.45, 7) is 9.73. The van der Waals surface area contributed by atoms with Crippen molar-refractivity contribution in [3.05, 3.63) is 35.9 Å². The van der Waals surface area contributed by atoms with Crippen molar-refractivity contribution in [1.29, 1.82) is 0 Å². The van der Waals surface area contributed by atoms with Crippen molar-refractivity contribution < 1.29 is 4.74 Å². The second-order valence-corrected chi connectivity index (χ2v) is 7.17. The number of hydrogen-bond acceptors (Lipinski definition) is 3. The van der Waals surface area contributed by atoms with Crippen LogP contribution in [-0.2, 0) is 4.74 Å². The standard InChI is InChI=1S/C18H30N2O/c1-18(2,3)19-14-17(15-8-6-5-7-9-15)21-16-10-12-20(4)13-11-16/h5-9,16-17,19H,10-14H2,1-4H3. The van der Waals surface area contributed by atoms with Gasteiger partial charge in [0.15, 0.2) is 0 Å². The molecule has 0 aromatic heterocycles. The molecule has 1 atom stereocenters. The summed E-state index contributed by atoms with van der Waals surface area (Å²) in [4.78, 5) is 2.38. The Morgan fingerprint density at radius 3 is 2.38 bits per heavy atom. The summed E-state index contributed by atoms with van der Waals surface area (Å²) in [5.41, 5.74) is 1.39. The molecule has 0 radical (unpaired) electrons. The molecule has 1 unspecified atom stereocenters. The average Bonchev–Trinajstić information content (AvgIpc) is 2.45. The van der Waals surface area contributed by atoms with Crippen LogP contribution in [0, 0.1) is 0 Å². The highest BCUT2D eigenvalue weighted by Crippen LogP contribution is 2.23. The summed E-state index contributed by atoms with van der Waals surface area (Å²) in [5, 5.41) is 3.58. The van der Waals surface area contributed by atoms with Crippen LogP contribution in [0.2, 0.25) is 0 Å². The van der Waals surface area contributed by atoms with Gasteiger partial charge in [0.05, 0.1) is 12.2 Å². The predicted molar refractivity (Wildman–Crippen MR) is 88.5 cm³/mol. The third-order valence-corrected chi connectivity index (χ3v) is 4.01. The summed E-state index contributed by atoms with van der Waals surface area (Å²) < 4.78 is 6.43. The maximum absolute atomic E-state index is 6.43. The third-order valence-electron chi connectivity index (χ3n) is 4.01. The van der Waals surface area contributed by atoms with Crippen molar-refractivity contribution in [2.24, 2.45) is 0 Å². The number of rotatable bonds is 5. The van der Waals surface area contributed by atoms with Gasteiger partial charge in [-0.25, -0.2) is 0 Å². The highest BCUT2D eigenvalue weighted by Gasteiger charge is 2.23. The normalized spacial score (nSPS) is 19.6. The van der Waals surface area contributed by atoms with Crippen LogP contribution >= 0.6 is 0 Å². The molecule has 1 aromatic rings. The Kier molecular flexibility index (Phi) is 5.80. The van der Waals surface area contributed by atoms with Gasteiger partial charge in [-0.05, 0) is 46.2 Å². The molecule has 3 heteroatoms. The first-order chi connectivity index (χ1) is 9.94. The van der Waals surface area contributed by atoms with E-state index in [1.54, 1.807) is 0 Å². The molecular formula is C18H30N2O. The fourth-order valence-corrected chi connectivity index (χ4v) is 2.66. The first kappa shape index (κ1) is 16.5. The van der Waals surface area contributed by atoms with Crippen LogP contribution < -0.4 is 5.32 Å². The molecule has 0 saturated carbocycles. The molecule has 0 spiro atoms. The molecule has 1 aliphatic rings. The van der Waals surface area contributed by atoms with Gasteiger partial charge in [-0.15, -0.1) is 0 Å². The van der Waals surface area contributed by atoms with Gasteiger partial charge < -0.3 is 15.0 Å². The smallest absolute Gasteiger partial charge is 0.0953 e. The lowest BCUT2D eigenvalue weighted by Gasteiger charge is -2.33. The summed E-state index contributed by atoms with van der Waals surface area (Å²) >= 11 is 0. The molecular weight excluding hydrogens is 260 g/mol. The van der Waals surface area contributed by atoms with E-state index in [0.717, 1.165) is 32.5 Å². The number of ether oxygens (including phenoxy) is 1. The van der Waals surface area contributed by atoms with Crippen LogP contribution in [0.15, 0.2) is 30.3 Å². The lowest BCUT2D eigenvalue weighted by atomic mass is 10.0. The Morgan fingerprint density at radius 2 is 1.81 bits per heavy atom. The molecule has 1 fully saturated rings. The minimum Gasteiger partial charge on any atom is -0.369 e. The Bertz CT molecular complexity index is 405. The van der Waals surface area contributed by atoms with Crippen LogP contribution in [0.25, 0.3) is 0 Å². The van der Waals surface area contributed by atoms with Crippen LogP contribution in [0.4, 0.5) is 0 Å². The molecule has 1 aromatic carbocycles. The summed E-state index contributed by atoms with van der Waals surface area (Å²) in [5.74, 6) is 0. The first-order valence-electron chi connectivity index (χ1n) is 8.08. The van der Waals surface area contributed by atoms with Gasteiger partial charge in [0, 0.05) is 25.2 Å². The molecule has 0 amide bonds. The van der Waals surface area contributed by atoms with Gasteiger partial charge in [0.2, 0.25) is 0 Å². The minimum atomic E-state index is 0.114. The summed E-state index contributed by atoms with van der Waals surface area (Å²) in [7, 11) is 2.19. The Hall–Kier alpha value is -0.900. The Balaban J connectivity index is 1.98. The SMILES string of the molecule is CN1CCC(OC(CNC(C)(C)C)c2ccccc2)CC1. The highest BCUT2D eigenvalue weighted by atomic mass is 16.5. The van der Waals surface area contributed by atoms with Gasteiger partial charge >= 0.3 is 0 Å². The van der Waals surface area contributed by atoms with Gasteiger partial charge in [-0.1, -0.05) is 30.3 Å². The number of nitrogens with zero attached hydrogens (tertiary/aromatic N) is 1. The minimum absolute atomic E-state index is 0.114. The van der Waals surface area contributed by atoms with Crippen molar-refractivity contribution in [1.82, 2.24) is 10.2 Å². The molecule has 2 rings (SSSR count). The summed E-state index contributed by atoms with van der Waals surface area (Å²) in [6, 6.07) is 10.6. The fourth-order valence-electron chi connectivity index (χ4n) is 2.66. The lowest BCUT2D eigenvalue weighted by Crippen LogP contribution is -2.41. The number of piperidine rings is 1. The molecule has 1 N–H and O–H groups in total. The monoisotopic (exact) mass is 290 g/mol. The maximum atomic E-state index is 6.43. The van der Waals surface area contributed by atoms with Gasteiger partial charge in [0.1, 0.15) is 0 Å². The topological polar surface area (TPSA) is 24.5 Å². The zero-order valence-corrected chi connectivity index (χ0v) is 13.9. The first-order valence-corrected chi connectivity index (χ1v) is 8.08. The van der Waals surface area contributed by atoms with E-state index in [-0.39, 0.29) is 11.6 Å². The quantitative estimate of drug-likeness (QED) is 0.901. The van der Waals surface area contributed by atoms with Gasteiger partial charge in [0.25, 0.3) is 0 Å². The maximum Gasteiger partial charge on any atom is 0.0953 e. The van der Waals surface area contributed by atoms with Crippen molar-refractivity contribution >= 4 is 0 Å². The molecule has 1 heterocycles. The fraction of sp³-hybridized carbons (Fsp3) is 0.667. The zero-order valence-electron chi connectivity index (χ0n) is 13.9. The molecule has 21 heavy (non-hydrogen) atoms. The van der Waals surface area contributed by atoms with Gasteiger partial charge in [-0.3, -0.25) is 0 Å². The Morgan fingerprint density at radius 1 is 1.19 bits per heavy atom. The lowest BCUT2D eigenvalue weighted by molar-refractivity contribution is -0.0422. The molecule has 1 saturated heterocycles.